The number of carbonyl (C=O) groups is 1. The molecule has 0 saturated carbocycles. The van der Waals surface area contributed by atoms with Crippen molar-refractivity contribution >= 4 is 17.7 Å². The predicted octanol–water partition coefficient (Wildman–Crippen LogP) is 2.32. The lowest BCUT2D eigenvalue weighted by Crippen LogP contribution is -2.27. The molecule has 0 unspecified atom stereocenters. The molecule has 2 aromatic heterocycles. The quantitative estimate of drug-likeness (QED) is 0.524. The van der Waals surface area contributed by atoms with Crippen molar-refractivity contribution in [2.24, 2.45) is 0 Å². The second kappa shape index (κ2) is 7.67. The fourth-order valence-corrected chi connectivity index (χ4v) is 4.15. The van der Waals surface area contributed by atoms with Crippen molar-refractivity contribution in [3.63, 3.8) is 0 Å². The van der Waals surface area contributed by atoms with Crippen LogP contribution in [0.4, 0.5) is 0 Å². The summed E-state index contributed by atoms with van der Waals surface area (Å²) >= 11 is 1.50. The predicted molar refractivity (Wildman–Crippen MR) is 108 cm³/mol. The van der Waals surface area contributed by atoms with Crippen LogP contribution in [0.15, 0.2) is 35.5 Å². The Hall–Kier alpha value is -2.81. The van der Waals surface area contributed by atoms with E-state index in [-0.39, 0.29) is 5.91 Å². The Morgan fingerprint density at radius 1 is 1.14 bits per heavy atom. The number of benzene rings is 1. The standard InChI is InChI=1S/C19H23N7OS/c1-13-11-14(2)26(23-13)18-21-22-19(25(18)20)28-12-15-5-7-16(8-6-15)17(27)24-9-3-4-10-24/h5-8,11H,3-4,9-10,12,20H2,1-2H3. The normalized spacial score (nSPS) is 14.0. The third kappa shape index (κ3) is 3.62. The molecular weight excluding hydrogens is 374 g/mol. The first kappa shape index (κ1) is 18.5. The highest BCUT2D eigenvalue weighted by Crippen LogP contribution is 2.22. The van der Waals surface area contributed by atoms with Gasteiger partial charge in [0.15, 0.2) is 0 Å². The van der Waals surface area contributed by atoms with Crippen molar-refractivity contribution in [3.8, 4) is 5.95 Å². The molecule has 1 amide bonds. The highest BCUT2D eigenvalue weighted by molar-refractivity contribution is 7.98. The number of aryl methyl sites for hydroxylation is 2. The van der Waals surface area contributed by atoms with Gasteiger partial charge in [0, 0.05) is 30.1 Å². The van der Waals surface area contributed by atoms with Crippen molar-refractivity contribution in [1.82, 2.24) is 29.6 Å². The molecule has 2 N–H and O–H groups in total. The Kier molecular flexibility index (Phi) is 5.08. The Labute approximate surface area is 167 Å². The molecule has 8 nitrogen and oxygen atoms in total. The largest absolute Gasteiger partial charge is 0.339 e. The highest BCUT2D eigenvalue weighted by atomic mass is 32.2. The van der Waals surface area contributed by atoms with Gasteiger partial charge in [0.2, 0.25) is 5.16 Å². The molecule has 1 fully saturated rings. The van der Waals surface area contributed by atoms with Crippen molar-refractivity contribution in [2.45, 2.75) is 37.6 Å². The maximum Gasteiger partial charge on any atom is 0.271 e. The number of amides is 1. The summed E-state index contributed by atoms with van der Waals surface area (Å²) in [6.07, 6.45) is 2.19. The molecule has 0 atom stereocenters. The van der Waals surface area contributed by atoms with Crippen molar-refractivity contribution < 1.29 is 4.79 Å². The van der Waals surface area contributed by atoms with E-state index in [0.29, 0.717) is 16.9 Å². The van der Waals surface area contributed by atoms with Crippen LogP contribution in [0.25, 0.3) is 5.95 Å². The van der Waals surface area contributed by atoms with Crippen LogP contribution in [0.5, 0.6) is 0 Å². The van der Waals surface area contributed by atoms with Gasteiger partial charge in [0.1, 0.15) is 0 Å². The van der Waals surface area contributed by atoms with Crippen LogP contribution in [0, 0.1) is 13.8 Å². The van der Waals surface area contributed by atoms with E-state index in [1.165, 1.54) is 16.4 Å². The summed E-state index contributed by atoms with van der Waals surface area (Å²) in [4.78, 5) is 14.3. The van der Waals surface area contributed by atoms with E-state index in [9.17, 15) is 4.79 Å². The average Bonchev–Trinajstić information content (AvgIpc) is 3.41. The zero-order valence-electron chi connectivity index (χ0n) is 16.0. The van der Waals surface area contributed by atoms with E-state index >= 15 is 0 Å². The second-order valence-electron chi connectivity index (χ2n) is 6.98. The smallest absolute Gasteiger partial charge is 0.271 e. The summed E-state index contributed by atoms with van der Waals surface area (Å²) < 4.78 is 3.14. The number of thioether (sulfide) groups is 1. The lowest BCUT2D eigenvalue weighted by molar-refractivity contribution is 0.0793. The first-order valence-corrected chi connectivity index (χ1v) is 10.3. The van der Waals surface area contributed by atoms with Gasteiger partial charge in [-0.3, -0.25) is 4.79 Å². The summed E-state index contributed by atoms with van der Waals surface area (Å²) in [5, 5.41) is 13.4. The maximum absolute atomic E-state index is 12.4. The molecule has 28 heavy (non-hydrogen) atoms. The lowest BCUT2D eigenvalue weighted by Gasteiger charge is -2.15. The minimum absolute atomic E-state index is 0.118. The van der Waals surface area contributed by atoms with Crippen molar-refractivity contribution in [1.29, 1.82) is 0 Å². The minimum Gasteiger partial charge on any atom is -0.339 e. The number of likely N-dealkylation sites (tertiary alicyclic amines) is 1. The third-order valence-electron chi connectivity index (χ3n) is 4.81. The monoisotopic (exact) mass is 397 g/mol. The van der Waals surface area contributed by atoms with Crippen LogP contribution in [0.3, 0.4) is 0 Å². The van der Waals surface area contributed by atoms with Gasteiger partial charge in [-0.1, -0.05) is 23.9 Å². The third-order valence-corrected chi connectivity index (χ3v) is 5.82. The highest BCUT2D eigenvalue weighted by Gasteiger charge is 2.19. The molecule has 0 bridgehead atoms. The molecule has 1 saturated heterocycles. The van der Waals surface area contributed by atoms with E-state index in [4.69, 9.17) is 5.84 Å². The van der Waals surface area contributed by atoms with E-state index in [0.717, 1.165) is 48.4 Å². The maximum atomic E-state index is 12.4. The molecule has 0 radical (unpaired) electrons. The lowest BCUT2D eigenvalue weighted by atomic mass is 10.1. The van der Waals surface area contributed by atoms with Gasteiger partial charge >= 0.3 is 0 Å². The van der Waals surface area contributed by atoms with E-state index < -0.39 is 0 Å². The van der Waals surface area contributed by atoms with Crippen molar-refractivity contribution in [3.05, 3.63) is 52.8 Å². The van der Waals surface area contributed by atoms with Gasteiger partial charge in [-0.15, -0.1) is 10.2 Å². The Morgan fingerprint density at radius 3 is 2.50 bits per heavy atom. The number of aromatic nitrogens is 5. The zero-order valence-corrected chi connectivity index (χ0v) is 16.8. The van der Waals surface area contributed by atoms with Crippen molar-refractivity contribution in [2.75, 3.05) is 18.9 Å². The van der Waals surface area contributed by atoms with Crippen LogP contribution >= 0.6 is 11.8 Å². The molecular formula is C19H23N7OS. The van der Waals surface area contributed by atoms with Gasteiger partial charge in [-0.25, -0.2) is 9.36 Å². The molecule has 1 aliphatic heterocycles. The van der Waals surface area contributed by atoms with Crippen LogP contribution in [0.1, 0.15) is 40.2 Å². The average molecular weight is 398 g/mol. The Morgan fingerprint density at radius 2 is 1.86 bits per heavy atom. The molecule has 146 valence electrons. The number of nitrogens with zero attached hydrogens (tertiary/aromatic N) is 6. The van der Waals surface area contributed by atoms with Gasteiger partial charge in [-0.2, -0.15) is 5.10 Å². The first-order valence-electron chi connectivity index (χ1n) is 9.28. The molecule has 0 aliphatic carbocycles. The zero-order chi connectivity index (χ0) is 19.7. The Balaban J connectivity index is 1.42. The first-order chi connectivity index (χ1) is 13.5. The number of nitrogen functional groups attached to an aromatic ring is 1. The van der Waals surface area contributed by atoms with Gasteiger partial charge in [0.25, 0.3) is 11.9 Å². The van der Waals surface area contributed by atoms with Gasteiger partial charge in [0.05, 0.1) is 5.69 Å². The molecule has 1 aliphatic rings. The fraction of sp³-hybridized carbons (Fsp3) is 0.368. The second-order valence-corrected chi connectivity index (χ2v) is 7.92. The summed E-state index contributed by atoms with van der Waals surface area (Å²) in [6, 6.07) is 9.72. The van der Waals surface area contributed by atoms with E-state index in [2.05, 4.69) is 15.3 Å². The minimum atomic E-state index is 0.118. The summed E-state index contributed by atoms with van der Waals surface area (Å²) in [6.45, 7) is 5.60. The van der Waals surface area contributed by atoms with Gasteiger partial charge < -0.3 is 10.7 Å². The van der Waals surface area contributed by atoms with E-state index in [1.54, 1.807) is 4.68 Å². The molecule has 9 heteroatoms. The van der Waals surface area contributed by atoms with Crippen LogP contribution in [0.2, 0.25) is 0 Å². The Bertz CT molecular complexity index is 986. The molecule has 3 heterocycles. The number of hydrogen-bond donors (Lipinski definition) is 1. The van der Waals surface area contributed by atoms with Crippen LogP contribution < -0.4 is 5.84 Å². The summed E-state index contributed by atoms with van der Waals surface area (Å²) in [5.41, 5.74) is 3.69. The van der Waals surface area contributed by atoms with Gasteiger partial charge in [-0.05, 0) is 50.5 Å². The number of carbonyl (C=O) groups excluding carboxylic acids is 1. The molecule has 0 spiro atoms. The molecule has 3 aromatic rings. The van der Waals surface area contributed by atoms with Crippen LogP contribution in [-0.4, -0.2) is 48.6 Å². The topological polar surface area (TPSA) is 94.9 Å². The SMILES string of the molecule is Cc1cc(C)n(-c2nnc(SCc3ccc(C(=O)N4CCCC4)cc3)n2N)n1. The van der Waals surface area contributed by atoms with E-state index in [1.807, 2.05) is 49.1 Å². The molecule has 4 rings (SSSR count). The number of hydrogen-bond acceptors (Lipinski definition) is 6. The van der Waals surface area contributed by atoms with Crippen LogP contribution in [-0.2, 0) is 5.75 Å². The summed E-state index contributed by atoms with van der Waals surface area (Å²) in [7, 11) is 0. The number of rotatable bonds is 5. The summed E-state index contributed by atoms with van der Waals surface area (Å²) in [5.74, 6) is 7.46. The fourth-order valence-electron chi connectivity index (χ4n) is 3.34. The number of nitrogens with two attached hydrogens (primary N) is 1. The molecule has 1 aromatic carbocycles.